The van der Waals surface area contributed by atoms with Gasteiger partial charge in [-0.2, -0.15) is 0 Å². The Morgan fingerprint density at radius 2 is 1.76 bits per heavy atom. The third-order valence-electron chi connectivity index (χ3n) is 4.72. The highest BCUT2D eigenvalue weighted by Crippen LogP contribution is 2.40. The molecule has 0 N–H and O–H groups in total. The van der Waals surface area contributed by atoms with E-state index >= 15 is 4.39 Å². The van der Waals surface area contributed by atoms with Gasteiger partial charge in [0.1, 0.15) is 11.5 Å². The summed E-state index contributed by atoms with van der Waals surface area (Å²) in [6.45, 7) is 11.6. The quantitative estimate of drug-likeness (QED) is 0.678. The number of ether oxygens (including phenoxy) is 1. The Kier molecular flexibility index (Phi) is 6.07. The van der Waals surface area contributed by atoms with Crippen molar-refractivity contribution in [2.45, 2.75) is 65.3 Å². The lowest BCUT2D eigenvalue weighted by atomic mass is 9.82. The molecule has 0 bridgehead atoms. The highest BCUT2D eigenvalue weighted by molar-refractivity contribution is 6.55. The second kappa shape index (κ2) is 7.56. The van der Waals surface area contributed by atoms with Gasteiger partial charge in [-0.1, -0.05) is 12.1 Å². The smallest absolute Gasteiger partial charge is 0.398 e. The van der Waals surface area contributed by atoms with Crippen molar-refractivity contribution >= 4 is 12.7 Å². The van der Waals surface area contributed by atoms with Crippen LogP contribution in [0, 0.1) is 5.82 Å². The maximum Gasteiger partial charge on any atom is 0.525 e. The van der Waals surface area contributed by atoms with Crippen molar-refractivity contribution < 1.29 is 22.8 Å². The van der Waals surface area contributed by atoms with Crippen molar-refractivity contribution in [1.29, 1.82) is 0 Å². The predicted octanol–water partition coefficient (Wildman–Crippen LogP) is 4.95. The first-order valence-electron chi connectivity index (χ1n) is 8.65. The first kappa shape index (κ1) is 20.1. The SMILES string of the molecule is CC(C)OCCC(=C(F)B1OC(C)(C)C(C)(C)O1)c1cccc(F)c1. The molecule has 2 rings (SSSR count). The molecule has 1 aliphatic heterocycles. The topological polar surface area (TPSA) is 27.7 Å². The molecule has 3 nitrogen and oxygen atoms in total. The van der Waals surface area contributed by atoms with Crippen LogP contribution in [0.25, 0.3) is 5.57 Å². The van der Waals surface area contributed by atoms with Gasteiger partial charge in [-0.05, 0) is 71.2 Å². The molecule has 0 aliphatic carbocycles. The minimum Gasteiger partial charge on any atom is -0.398 e. The zero-order valence-corrected chi connectivity index (χ0v) is 15.9. The van der Waals surface area contributed by atoms with Crippen LogP contribution in [0.15, 0.2) is 30.0 Å². The highest BCUT2D eigenvalue weighted by Gasteiger charge is 2.53. The molecule has 0 atom stereocenters. The Labute approximate surface area is 149 Å². The first-order valence-corrected chi connectivity index (χ1v) is 8.65. The van der Waals surface area contributed by atoms with Gasteiger partial charge in [-0.3, -0.25) is 0 Å². The van der Waals surface area contributed by atoms with E-state index in [1.807, 2.05) is 41.5 Å². The van der Waals surface area contributed by atoms with E-state index in [-0.39, 0.29) is 6.10 Å². The molecule has 0 saturated carbocycles. The molecule has 1 fully saturated rings. The molecule has 0 aromatic heterocycles. The van der Waals surface area contributed by atoms with Gasteiger partial charge in [0.2, 0.25) is 0 Å². The summed E-state index contributed by atoms with van der Waals surface area (Å²) in [5, 5.41) is 0. The summed E-state index contributed by atoms with van der Waals surface area (Å²) in [5.41, 5.74) is -0.998. The average Bonchev–Trinajstić information content (AvgIpc) is 2.71. The zero-order chi connectivity index (χ0) is 18.8. The standard InChI is InChI=1S/C19H27BF2O3/c1-13(2)23-11-10-16(14-8-7-9-15(21)12-14)17(22)20-24-18(3,4)19(5,6)25-20/h7-9,12-13H,10-11H2,1-6H3. The summed E-state index contributed by atoms with van der Waals surface area (Å²) in [7, 11) is -1.11. The van der Waals surface area contributed by atoms with Gasteiger partial charge in [0.15, 0.2) is 0 Å². The summed E-state index contributed by atoms with van der Waals surface area (Å²) in [6.07, 6.45) is 0.339. The molecule has 0 unspecified atom stereocenters. The fourth-order valence-electron chi connectivity index (χ4n) is 2.56. The molecule has 1 heterocycles. The van der Waals surface area contributed by atoms with Crippen molar-refractivity contribution in [1.82, 2.24) is 0 Å². The Hall–Kier alpha value is -1.24. The number of hydrogen-bond acceptors (Lipinski definition) is 3. The van der Waals surface area contributed by atoms with Gasteiger partial charge < -0.3 is 14.0 Å². The van der Waals surface area contributed by atoms with Crippen LogP contribution in [0.5, 0.6) is 0 Å². The molecule has 6 heteroatoms. The van der Waals surface area contributed by atoms with Crippen LogP contribution in [0.1, 0.15) is 53.5 Å². The van der Waals surface area contributed by atoms with E-state index < -0.39 is 29.9 Å². The third kappa shape index (κ3) is 4.69. The van der Waals surface area contributed by atoms with Gasteiger partial charge in [0, 0.05) is 0 Å². The van der Waals surface area contributed by atoms with Crippen molar-refractivity contribution in [3.05, 3.63) is 41.4 Å². The maximum absolute atomic E-state index is 15.3. The van der Waals surface area contributed by atoms with Crippen molar-refractivity contribution in [2.24, 2.45) is 0 Å². The second-order valence-electron chi connectivity index (χ2n) is 7.59. The summed E-state index contributed by atoms with van der Waals surface area (Å²) in [5.74, 6) is -0.415. The number of rotatable bonds is 6. The van der Waals surface area contributed by atoms with Crippen LogP contribution in [0.4, 0.5) is 8.78 Å². The van der Waals surface area contributed by atoms with Gasteiger partial charge in [0.25, 0.3) is 0 Å². The van der Waals surface area contributed by atoms with Crippen LogP contribution < -0.4 is 0 Å². The number of hydrogen-bond donors (Lipinski definition) is 0. The Morgan fingerprint density at radius 1 is 1.16 bits per heavy atom. The van der Waals surface area contributed by atoms with Gasteiger partial charge >= 0.3 is 7.12 Å². The van der Waals surface area contributed by atoms with E-state index in [1.165, 1.54) is 12.1 Å². The van der Waals surface area contributed by atoms with E-state index in [4.69, 9.17) is 14.0 Å². The number of halogens is 2. The molecule has 1 aromatic carbocycles. The molecular weight excluding hydrogens is 325 g/mol. The Balaban J connectivity index is 2.34. The van der Waals surface area contributed by atoms with E-state index in [1.54, 1.807) is 12.1 Å². The number of benzene rings is 1. The molecule has 138 valence electrons. The lowest BCUT2D eigenvalue weighted by molar-refractivity contribution is 0.00578. The predicted molar refractivity (Wildman–Crippen MR) is 96.2 cm³/mol. The lowest BCUT2D eigenvalue weighted by Gasteiger charge is -2.32. The maximum atomic E-state index is 15.3. The Morgan fingerprint density at radius 3 is 2.28 bits per heavy atom. The van der Waals surface area contributed by atoms with Crippen LogP contribution in [-0.2, 0) is 14.0 Å². The fourth-order valence-corrected chi connectivity index (χ4v) is 2.56. The zero-order valence-electron chi connectivity index (χ0n) is 15.9. The minimum absolute atomic E-state index is 0.0358. The molecule has 1 aliphatic rings. The van der Waals surface area contributed by atoms with E-state index in [2.05, 4.69) is 0 Å². The molecule has 1 saturated heterocycles. The summed E-state index contributed by atoms with van der Waals surface area (Å²) in [6, 6.07) is 5.89. The van der Waals surface area contributed by atoms with Crippen LogP contribution >= 0.6 is 0 Å². The van der Waals surface area contributed by atoms with Crippen LogP contribution in [0.3, 0.4) is 0 Å². The van der Waals surface area contributed by atoms with Crippen LogP contribution in [-0.4, -0.2) is 31.0 Å². The summed E-state index contributed by atoms with van der Waals surface area (Å²) < 4.78 is 46.0. The normalized spacial score (nSPS) is 20.1. The molecular formula is C19H27BF2O3. The molecule has 0 radical (unpaired) electrons. The van der Waals surface area contributed by atoms with Crippen molar-refractivity contribution in [2.75, 3.05) is 6.61 Å². The molecule has 0 spiro atoms. The molecule has 0 amide bonds. The average molecular weight is 352 g/mol. The van der Waals surface area contributed by atoms with E-state index in [9.17, 15) is 4.39 Å². The van der Waals surface area contributed by atoms with Gasteiger partial charge in [-0.25, -0.2) is 8.78 Å². The third-order valence-corrected chi connectivity index (χ3v) is 4.72. The van der Waals surface area contributed by atoms with Gasteiger partial charge in [0.05, 0.1) is 23.9 Å². The second-order valence-corrected chi connectivity index (χ2v) is 7.59. The Bertz CT molecular complexity index is 625. The van der Waals surface area contributed by atoms with Crippen LogP contribution in [0.2, 0.25) is 0 Å². The summed E-state index contributed by atoms with van der Waals surface area (Å²) >= 11 is 0. The largest absolute Gasteiger partial charge is 0.525 e. The molecule has 1 aromatic rings. The monoisotopic (exact) mass is 352 g/mol. The molecule has 25 heavy (non-hydrogen) atoms. The minimum atomic E-state index is -1.11. The van der Waals surface area contributed by atoms with Crippen molar-refractivity contribution in [3.63, 3.8) is 0 Å². The highest BCUT2D eigenvalue weighted by atomic mass is 19.1. The van der Waals surface area contributed by atoms with Crippen molar-refractivity contribution in [3.8, 4) is 0 Å². The van der Waals surface area contributed by atoms with E-state index in [0.717, 1.165) is 0 Å². The summed E-state index contributed by atoms with van der Waals surface area (Å²) in [4.78, 5) is 0. The van der Waals surface area contributed by atoms with E-state index in [0.29, 0.717) is 24.2 Å². The van der Waals surface area contributed by atoms with Gasteiger partial charge in [-0.15, -0.1) is 0 Å². The first-order chi connectivity index (χ1) is 11.5. The lowest BCUT2D eigenvalue weighted by Crippen LogP contribution is -2.41. The fraction of sp³-hybridized carbons (Fsp3) is 0.579.